The van der Waals surface area contributed by atoms with Crippen LogP contribution in [0.25, 0.3) is 0 Å². The number of hydrogen-bond donors (Lipinski definition) is 1. The molecule has 1 unspecified atom stereocenters. The molecule has 1 N–H and O–H groups in total. The lowest BCUT2D eigenvalue weighted by Crippen LogP contribution is -2.27. The SMILES string of the molecule is O=C(O)C1(c2scnc2C2CC2)CC1(F)F. The van der Waals surface area contributed by atoms with Gasteiger partial charge in [0.25, 0.3) is 5.92 Å². The minimum Gasteiger partial charge on any atom is -0.480 e. The quantitative estimate of drug-likeness (QED) is 0.889. The van der Waals surface area contributed by atoms with Crippen molar-refractivity contribution in [1.29, 1.82) is 0 Å². The van der Waals surface area contributed by atoms with Crippen LogP contribution in [0.15, 0.2) is 5.51 Å². The standard InChI is InChI=1S/C10H9F2NO2S/c11-10(12)3-9(10,8(14)15)7-6(5-1-2-5)13-4-16-7/h4-5H,1-3H2,(H,14,15). The molecule has 86 valence electrons. The van der Waals surface area contributed by atoms with E-state index in [1.807, 2.05) is 0 Å². The largest absolute Gasteiger partial charge is 0.480 e. The molecule has 0 bridgehead atoms. The predicted molar refractivity (Wildman–Crippen MR) is 53.0 cm³/mol. The van der Waals surface area contributed by atoms with E-state index in [9.17, 15) is 13.6 Å². The third kappa shape index (κ3) is 1.10. The first-order valence-corrected chi connectivity index (χ1v) is 5.92. The molecule has 0 spiro atoms. The summed E-state index contributed by atoms with van der Waals surface area (Å²) in [5.41, 5.74) is 0.0818. The Labute approximate surface area is 94.1 Å². The number of thiazole rings is 1. The van der Waals surface area contributed by atoms with Gasteiger partial charge < -0.3 is 5.11 Å². The normalized spacial score (nSPS) is 31.4. The molecular weight excluding hydrogens is 236 g/mol. The maximum Gasteiger partial charge on any atom is 0.321 e. The Hall–Kier alpha value is -1.04. The minimum absolute atomic E-state index is 0.203. The van der Waals surface area contributed by atoms with Crippen LogP contribution in [0, 0.1) is 0 Å². The van der Waals surface area contributed by atoms with Gasteiger partial charge in [0, 0.05) is 12.3 Å². The van der Waals surface area contributed by atoms with E-state index in [0.29, 0.717) is 5.69 Å². The van der Waals surface area contributed by atoms with Crippen LogP contribution in [-0.2, 0) is 10.2 Å². The van der Waals surface area contributed by atoms with E-state index in [1.165, 1.54) is 5.51 Å². The molecular formula is C10H9F2NO2S. The van der Waals surface area contributed by atoms with Gasteiger partial charge in [0.2, 0.25) is 0 Å². The third-order valence-corrected chi connectivity index (χ3v) is 4.30. The molecule has 1 aromatic heterocycles. The predicted octanol–water partition coefficient (Wildman–Crippen LogP) is 2.38. The summed E-state index contributed by atoms with van der Waals surface area (Å²) in [6.07, 6.45) is 1.27. The van der Waals surface area contributed by atoms with Crippen molar-refractivity contribution in [2.75, 3.05) is 0 Å². The van der Waals surface area contributed by atoms with Crippen molar-refractivity contribution in [2.45, 2.75) is 36.5 Å². The van der Waals surface area contributed by atoms with Crippen LogP contribution in [0.3, 0.4) is 0 Å². The number of aliphatic carboxylic acids is 1. The Kier molecular flexibility index (Phi) is 1.77. The smallest absolute Gasteiger partial charge is 0.321 e. The molecule has 6 heteroatoms. The highest BCUT2D eigenvalue weighted by Gasteiger charge is 2.79. The van der Waals surface area contributed by atoms with Crippen LogP contribution in [0.5, 0.6) is 0 Å². The van der Waals surface area contributed by atoms with Crippen molar-refractivity contribution in [3.8, 4) is 0 Å². The molecule has 3 nitrogen and oxygen atoms in total. The highest BCUT2D eigenvalue weighted by atomic mass is 32.1. The highest BCUT2D eigenvalue weighted by molar-refractivity contribution is 7.10. The van der Waals surface area contributed by atoms with Crippen LogP contribution in [-0.4, -0.2) is 22.0 Å². The molecule has 2 fully saturated rings. The number of carboxylic acid groups (broad SMARTS) is 1. The fourth-order valence-corrected chi connectivity index (χ4v) is 3.21. The molecule has 0 saturated heterocycles. The van der Waals surface area contributed by atoms with E-state index in [4.69, 9.17) is 5.11 Å². The van der Waals surface area contributed by atoms with Crippen molar-refractivity contribution in [2.24, 2.45) is 0 Å². The minimum atomic E-state index is -3.12. The molecule has 0 radical (unpaired) electrons. The van der Waals surface area contributed by atoms with Crippen molar-refractivity contribution < 1.29 is 18.7 Å². The van der Waals surface area contributed by atoms with Gasteiger partial charge in [0.1, 0.15) is 0 Å². The van der Waals surface area contributed by atoms with E-state index in [1.54, 1.807) is 0 Å². The summed E-state index contributed by atoms with van der Waals surface area (Å²) in [7, 11) is 0. The topological polar surface area (TPSA) is 50.2 Å². The molecule has 0 aliphatic heterocycles. The number of carbonyl (C=O) groups is 1. The Morgan fingerprint density at radius 1 is 1.56 bits per heavy atom. The second-order valence-electron chi connectivity index (χ2n) is 4.43. The first-order valence-electron chi connectivity index (χ1n) is 5.04. The Balaban J connectivity index is 2.08. The molecule has 1 atom stereocenters. The van der Waals surface area contributed by atoms with E-state index in [2.05, 4.69) is 4.98 Å². The molecule has 1 heterocycles. The molecule has 2 saturated carbocycles. The summed E-state index contributed by atoms with van der Waals surface area (Å²) in [5, 5.41) is 9.04. The van der Waals surface area contributed by atoms with Crippen LogP contribution >= 0.6 is 11.3 Å². The van der Waals surface area contributed by atoms with Gasteiger partial charge in [-0.05, 0) is 12.8 Å². The summed E-state index contributed by atoms with van der Waals surface area (Å²) >= 11 is 1.05. The first-order chi connectivity index (χ1) is 7.49. The van der Waals surface area contributed by atoms with Crippen LogP contribution in [0.4, 0.5) is 8.78 Å². The molecule has 2 aliphatic carbocycles. The number of rotatable bonds is 3. The van der Waals surface area contributed by atoms with Gasteiger partial charge in [-0.3, -0.25) is 4.79 Å². The zero-order valence-corrected chi connectivity index (χ0v) is 9.06. The zero-order valence-electron chi connectivity index (χ0n) is 8.24. The van der Waals surface area contributed by atoms with Gasteiger partial charge in [0.05, 0.1) is 16.1 Å². The lowest BCUT2D eigenvalue weighted by Gasteiger charge is -2.10. The number of nitrogens with zero attached hydrogens (tertiary/aromatic N) is 1. The number of hydrogen-bond acceptors (Lipinski definition) is 3. The Morgan fingerprint density at radius 3 is 2.62 bits per heavy atom. The van der Waals surface area contributed by atoms with Gasteiger partial charge in [-0.15, -0.1) is 11.3 Å². The Morgan fingerprint density at radius 2 is 2.19 bits per heavy atom. The fourth-order valence-electron chi connectivity index (χ4n) is 2.09. The van der Waals surface area contributed by atoms with Gasteiger partial charge >= 0.3 is 5.97 Å². The number of halogens is 2. The molecule has 2 aliphatic rings. The number of aromatic nitrogens is 1. The van der Waals surface area contributed by atoms with Crippen LogP contribution in [0.1, 0.15) is 35.8 Å². The summed E-state index contributed by atoms with van der Waals surface area (Å²) in [6.45, 7) is 0. The highest BCUT2D eigenvalue weighted by Crippen LogP contribution is 2.64. The van der Waals surface area contributed by atoms with E-state index in [-0.39, 0.29) is 10.8 Å². The Bertz CT molecular complexity index is 469. The monoisotopic (exact) mass is 245 g/mol. The molecule has 3 rings (SSSR count). The molecule has 0 aromatic carbocycles. The van der Waals surface area contributed by atoms with Crippen molar-refractivity contribution >= 4 is 17.3 Å². The lowest BCUT2D eigenvalue weighted by molar-refractivity contribution is -0.142. The van der Waals surface area contributed by atoms with Gasteiger partial charge in [0.15, 0.2) is 5.41 Å². The van der Waals surface area contributed by atoms with Crippen molar-refractivity contribution in [3.63, 3.8) is 0 Å². The fraction of sp³-hybridized carbons (Fsp3) is 0.600. The third-order valence-electron chi connectivity index (χ3n) is 3.30. The second-order valence-corrected chi connectivity index (χ2v) is 5.29. The summed E-state index contributed by atoms with van der Waals surface area (Å²) in [4.78, 5) is 15.4. The average Bonchev–Trinajstić information content (AvgIpc) is 3.06. The van der Waals surface area contributed by atoms with Gasteiger partial charge in [-0.25, -0.2) is 13.8 Å². The summed E-state index contributed by atoms with van der Waals surface area (Å²) < 4.78 is 26.7. The summed E-state index contributed by atoms with van der Waals surface area (Å²) in [5.74, 6) is -4.34. The first kappa shape index (κ1) is 10.1. The lowest BCUT2D eigenvalue weighted by atomic mass is 10.0. The van der Waals surface area contributed by atoms with Crippen LogP contribution < -0.4 is 0 Å². The van der Waals surface area contributed by atoms with Crippen molar-refractivity contribution in [3.05, 3.63) is 16.1 Å². The zero-order chi connectivity index (χ0) is 11.6. The van der Waals surface area contributed by atoms with Gasteiger partial charge in [-0.2, -0.15) is 0 Å². The van der Waals surface area contributed by atoms with E-state index >= 15 is 0 Å². The molecule has 1 aromatic rings. The maximum atomic E-state index is 13.3. The maximum absolute atomic E-state index is 13.3. The van der Waals surface area contributed by atoms with E-state index < -0.39 is 23.7 Å². The van der Waals surface area contributed by atoms with Gasteiger partial charge in [-0.1, -0.05) is 0 Å². The number of alkyl halides is 2. The van der Waals surface area contributed by atoms with E-state index in [0.717, 1.165) is 24.2 Å². The summed E-state index contributed by atoms with van der Waals surface area (Å²) in [6, 6.07) is 0. The number of carboxylic acids is 1. The van der Waals surface area contributed by atoms with Crippen LogP contribution in [0.2, 0.25) is 0 Å². The molecule has 0 amide bonds. The average molecular weight is 245 g/mol. The molecule has 16 heavy (non-hydrogen) atoms. The van der Waals surface area contributed by atoms with Crippen molar-refractivity contribution in [1.82, 2.24) is 4.98 Å². The second kappa shape index (κ2) is 2.80.